The van der Waals surface area contributed by atoms with E-state index >= 15 is 0 Å². The molecule has 8 heteroatoms. The van der Waals surface area contributed by atoms with E-state index in [9.17, 15) is 0 Å². The lowest BCUT2D eigenvalue weighted by atomic mass is 10.1. The molecule has 12 aromatic carbocycles. The number of rotatable bonds is 3. The number of aryl methyl sites for hydroxylation is 3. The van der Waals surface area contributed by atoms with Gasteiger partial charge in [0.2, 0.25) is 5.78 Å². The SMILES string of the molecule is Cc1cc(-n2c3ccccc3c3ccccc32)cc2c1oc1ccccc12.Cc1ccc2oc3c(-n4c5ccccc5c5ccccc54)cccc3c2c1.Cc1ccc2oc3c(-n4c5ccccc5n5c6ccccc6nc45)cccc3c2c1. The summed E-state index contributed by atoms with van der Waals surface area (Å²) in [5.41, 5.74) is 21.6. The summed E-state index contributed by atoms with van der Waals surface area (Å²) in [4.78, 5) is 4.99. The summed E-state index contributed by atoms with van der Waals surface area (Å²) >= 11 is 0. The number of nitrogens with zero attached hydrogens (tertiary/aromatic N) is 5. The first kappa shape index (κ1) is 47.7. The quantitative estimate of drug-likeness (QED) is 0.177. The molecule has 7 aromatic heterocycles. The monoisotopic (exact) mass is 1080 g/mol. The standard InChI is InChI=1S/C26H17N3O.2C25H17NO/c1-16-13-14-24-18(15-16)17-7-6-12-23(25(17)30-24)29-22-11-5-4-10-21(22)28-20-9-3-2-8-19(20)27-26(28)29;1-16-14-17(15-21-20-10-4-7-13-24(20)27-25(16)21)26-22-11-5-2-8-18(22)19-9-3-6-12-23(19)26;1-16-13-14-24-20(15-16)19-9-6-12-23(25(19)27-24)26-21-10-4-2-7-17(21)18-8-3-5-11-22(18)26/h2-15H,1H3;2*2-15H,1H3. The molecule has 0 aliphatic carbocycles. The summed E-state index contributed by atoms with van der Waals surface area (Å²) in [6.45, 7) is 6.36. The van der Waals surface area contributed by atoms with Crippen LogP contribution in [-0.4, -0.2) is 23.1 Å². The van der Waals surface area contributed by atoms with Crippen molar-refractivity contribution in [3.8, 4) is 17.1 Å². The van der Waals surface area contributed by atoms with Gasteiger partial charge in [0, 0.05) is 59.5 Å². The molecule has 0 spiro atoms. The van der Waals surface area contributed by atoms with E-state index in [-0.39, 0.29) is 0 Å². The molecule has 19 aromatic rings. The molecule has 0 N–H and O–H groups in total. The minimum Gasteiger partial charge on any atom is -0.456 e. The summed E-state index contributed by atoms with van der Waals surface area (Å²) in [6.07, 6.45) is 0. The Morgan fingerprint density at radius 2 is 0.714 bits per heavy atom. The number of imidazole rings is 2. The molecule has 0 bridgehead atoms. The number of para-hydroxylation sites is 11. The lowest BCUT2D eigenvalue weighted by Crippen LogP contribution is -1.95. The van der Waals surface area contributed by atoms with Crippen LogP contribution in [0.5, 0.6) is 0 Å². The van der Waals surface area contributed by atoms with Crippen molar-refractivity contribution >= 4 is 137 Å². The molecule has 0 amide bonds. The average molecular weight is 1080 g/mol. The predicted octanol–water partition coefficient (Wildman–Crippen LogP) is 20.6. The Labute approximate surface area is 480 Å². The highest BCUT2D eigenvalue weighted by Crippen LogP contribution is 2.41. The largest absolute Gasteiger partial charge is 0.456 e. The topological polar surface area (TPSA) is 71.5 Å². The fourth-order valence-electron chi connectivity index (χ4n) is 13.2. The second kappa shape index (κ2) is 18.5. The number of fused-ring (bicyclic) bond motifs is 20. The summed E-state index contributed by atoms with van der Waals surface area (Å²) in [7, 11) is 0. The van der Waals surface area contributed by atoms with Crippen molar-refractivity contribution in [1.29, 1.82) is 0 Å². The molecule has 8 nitrogen and oxygen atoms in total. The van der Waals surface area contributed by atoms with Gasteiger partial charge in [-0.3, -0.25) is 8.97 Å². The fourth-order valence-corrected chi connectivity index (χ4v) is 13.2. The van der Waals surface area contributed by atoms with Gasteiger partial charge in [0.25, 0.3) is 0 Å². The maximum atomic E-state index is 6.38. The van der Waals surface area contributed by atoms with Crippen molar-refractivity contribution in [1.82, 2.24) is 23.1 Å². The van der Waals surface area contributed by atoms with E-state index in [2.05, 4.69) is 275 Å². The molecule has 19 rings (SSSR count). The van der Waals surface area contributed by atoms with Gasteiger partial charge in [-0.25, -0.2) is 4.98 Å². The summed E-state index contributed by atoms with van der Waals surface area (Å²) in [5, 5.41) is 12.0. The van der Waals surface area contributed by atoms with E-state index in [0.717, 1.165) is 94.4 Å². The van der Waals surface area contributed by atoms with Crippen molar-refractivity contribution in [3.63, 3.8) is 0 Å². The van der Waals surface area contributed by atoms with E-state index in [0.29, 0.717) is 0 Å². The Morgan fingerprint density at radius 3 is 1.29 bits per heavy atom. The third-order valence-electron chi connectivity index (χ3n) is 16.9. The molecule has 0 aliphatic heterocycles. The molecule has 0 saturated heterocycles. The van der Waals surface area contributed by atoms with Crippen LogP contribution in [0.2, 0.25) is 0 Å². The van der Waals surface area contributed by atoms with Crippen molar-refractivity contribution < 1.29 is 13.3 Å². The van der Waals surface area contributed by atoms with E-state index in [4.69, 9.17) is 18.2 Å². The molecule has 0 unspecified atom stereocenters. The highest BCUT2D eigenvalue weighted by molar-refractivity contribution is 6.14. The maximum Gasteiger partial charge on any atom is 0.220 e. The zero-order chi connectivity index (χ0) is 55.7. The van der Waals surface area contributed by atoms with Crippen LogP contribution in [0.1, 0.15) is 16.7 Å². The Kier molecular flexibility index (Phi) is 10.5. The van der Waals surface area contributed by atoms with Crippen LogP contribution >= 0.6 is 0 Å². The van der Waals surface area contributed by atoms with Crippen LogP contribution in [-0.2, 0) is 0 Å². The fraction of sp³-hybridized carbons (Fsp3) is 0.0395. The van der Waals surface area contributed by atoms with Gasteiger partial charge in [-0.1, -0.05) is 163 Å². The molecule has 0 radical (unpaired) electrons. The van der Waals surface area contributed by atoms with Gasteiger partial charge in [0.05, 0.1) is 55.5 Å². The van der Waals surface area contributed by atoms with Crippen molar-refractivity contribution in [2.45, 2.75) is 20.8 Å². The first-order chi connectivity index (χ1) is 41.4. The number of aromatic nitrogens is 5. The lowest BCUT2D eigenvalue weighted by Gasteiger charge is -2.09. The molecule has 0 saturated carbocycles. The van der Waals surface area contributed by atoms with E-state index in [1.54, 1.807) is 0 Å². The normalized spacial score (nSPS) is 12.0. The summed E-state index contributed by atoms with van der Waals surface area (Å²) in [6, 6.07) is 89.3. The number of benzene rings is 12. The van der Waals surface area contributed by atoms with Crippen molar-refractivity contribution in [2.24, 2.45) is 0 Å². The van der Waals surface area contributed by atoms with Crippen LogP contribution in [0, 0.1) is 20.8 Å². The molecule has 0 fully saturated rings. The Balaban J connectivity index is 0.0000000994. The highest BCUT2D eigenvalue weighted by atomic mass is 16.3. The molecule has 7 heterocycles. The van der Waals surface area contributed by atoms with Gasteiger partial charge in [-0.05, 0) is 129 Å². The maximum absolute atomic E-state index is 6.38. The zero-order valence-electron chi connectivity index (χ0n) is 46.2. The van der Waals surface area contributed by atoms with E-state index in [1.807, 2.05) is 18.2 Å². The number of hydrogen-bond acceptors (Lipinski definition) is 4. The first-order valence-electron chi connectivity index (χ1n) is 28.5. The van der Waals surface area contributed by atoms with Crippen molar-refractivity contribution in [3.05, 3.63) is 271 Å². The van der Waals surface area contributed by atoms with Crippen LogP contribution in [0.25, 0.3) is 154 Å². The summed E-state index contributed by atoms with van der Waals surface area (Å²) < 4.78 is 28.0. The Hall–Kier alpha value is -11.1. The summed E-state index contributed by atoms with van der Waals surface area (Å²) in [5.74, 6) is 0.890. The molecule has 0 aliphatic rings. The third kappa shape index (κ3) is 7.17. The smallest absolute Gasteiger partial charge is 0.220 e. The Bertz CT molecular complexity index is 5770. The lowest BCUT2D eigenvalue weighted by molar-refractivity contribution is 0.665. The second-order valence-electron chi connectivity index (χ2n) is 22.0. The Morgan fingerprint density at radius 1 is 0.286 bits per heavy atom. The van der Waals surface area contributed by atoms with Crippen molar-refractivity contribution in [2.75, 3.05) is 0 Å². The zero-order valence-corrected chi connectivity index (χ0v) is 46.2. The molecule has 398 valence electrons. The van der Waals surface area contributed by atoms with Gasteiger partial charge in [-0.15, -0.1) is 0 Å². The van der Waals surface area contributed by atoms with Crippen LogP contribution in [0.15, 0.2) is 268 Å². The van der Waals surface area contributed by atoms with Gasteiger partial charge in [-0.2, -0.15) is 0 Å². The second-order valence-corrected chi connectivity index (χ2v) is 22.0. The minimum atomic E-state index is 0.883. The first-order valence-corrected chi connectivity index (χ1v) is 28.5. The van der Waals surface area contributed by atoms with Gasteiger partial charge < -0.3 is 22.4 Å². The van der Waals surface area contributed by atoms with Crippen LogP contribution in [0.3, 0.4) is 0 Å². The van der Waals surface area contributed by atoms with Gasteiger partial charge in [0.1, 0.15) is 22.3 Å². The molecular weight excluding hydrogens is 1030 g/mol. The predicted molar refractivity (Wildman–Crippen MR) is 347 cm³/mol. The number of furan rings is 3. The third-order valence-corrected chi connectivity index (χ3v) is 16.9. The number of hydrogen-bond donors (Lipinski definition) is 0. The van der Waals surface area contributed by atoms with Gasteiger partial charge >= 0.3 is 0 Å². The van der Waals surface area contributed by atoms with E-state index < -0.39 is 0 Å². The molecule has 84 heavy (non-hydrogen) atoms. The van der Waals surface area contributed by atoms with Gasteiger partial charge in [0.15, 0.2) is 11.2 Å². The van der Waals surface area contributed by atoms with Crippen LogP contribution in [0.4, 0.5) is 0 Å². The van der Waals surface area contributed by atoms with E-state index in [1.165, 1.54) is 76.6 Å². The minimum absolute atomic E-state index is 0.883. The molecular formula is C76H51N5O3. The average Bonchev–Trinajstić information content (AvgIpc) is 2.71. The van der Waals surface area contributed by atoms with Crippen LogP contribution < -0.4 is 0 Å². The molecule has 0 atom stereocenters. The highest BCUT2D eigenvalue weighted by Gasteiger charge is 2.22.